The van der Waals surface area contributed by atoms with E-state index in [-0.39, 0.29) is 6.61 Å². The van der Waals surface area contributed by atoms with Gasteiger partial charge in [0.05, 0.1) is 6.61 Å². The molecule has 3 nitrogen and oxygen atoms in total. The van der Waals surface area contributed by atoms with Gasteiger partial charge in [-0.1, -0.05) is 6.07 Å². The molecule has 82 valence electrons. The molecule has 0 saturated carbocycles. The summed E-state index contributed by atoms with van der Waals surface area (Å²) in [7, 11) is 2.07. The van der Waals surface area contributed by atoms with Crippen molar-refractivity contribution in [3.8, 4) is 0 Å². The Bertz CT molecular complexity index is 351. The number of aliphatic hydroxyl groups is 1. The van der Waals surface area contributed by atoms with E-state index in [0.29, 0.717) is 6.04 Å². The van der Waals surface area contributed by atoms with Gasteiger partial charge in [-0.2, -0.15) is 0 Å². The summed E-state index contributed by atoms with van der Waals surface area (Å²) in [6, 6.07) is 6.68. The second-order valence-electron chi connectivity index (χ2n) is 4.29. The third kappa shape index (κ3) is 2.13. The molecule has 2 rings (SSSR count). The van der Waals surface area contributed by atoms with E-state index in [2.05, 4.69) is 24.1 Å². The minimum atomic E-state index is 0.228. The van der Waals surface area contributed by atoms with Gasteiger partial charge in [-0.15, -0.1) is 0 Å². The van der Waals surface area contributed by atoms with Gasteiger partial charge < -0.3 is 15.7 Å². The lowest BCUT2D eigenvalue weighted by Crippen LogP contribution is -2.34. The zero-order valence-electron chi connectivity index (χ0n) is 9.11. The first kappa shape index (κ1) is 10.5. The molecule has 0 aromatic heterocycles. The highest BCUT2D eigenvalue weighted by Crippen LogP contribution is 2.26. The predicted octanol–water partition coefficient (Wildman–Crippen LogP) is 0.660. The Kier molecular flexibility index (Phi) is 2.93. The topological polar surface area (TPSA) is 49.5 Å². The van der Waals surface area contributed by atoms with Crippen molar-refractivity contribution in [3.05, 3.63) is 29.3 Å². The lowest BCUT2D eigenvalue weighted by molar-refractivity contribution is 0.183. The van der Waals surface area contributed by atoms with E-state index in [1.165, 1.54) is 11.1 Å². The summed E-state index contributed by atoms with van der Waals surface area (Å²) in [4.78, 5) is 2.22. The average Bonchev–Trinajstić information content (AvgIpc) is 2.60. The quantitative estimate of drug-likeness (QED) is 0.714. The number of benzene rings is 1. The van der Waals surface area contributed by atoms with Crippen LogP contribution < -0.4 is 5.73 Å². The molecule has 0 bridgehead atoms. The van der Waals surface area contributed by atoms with Crippen molar-refractivity contribution in [2.75, 3.05) is 25.9 Å². The average molecular weight is 206 g/mol. The van der Waals surface area contributed by atoms with Gasteiger partial charge in [0.15, 0.2) is 0 Å². The minimum absolute atomic E-state index is 0.228. The first-order valence-electron chi connectivity index (χ1n) is 5.39. The van der Waals surface area contributed by atoms with Crippen LogP contribution in [0.1, 0.15) is 11.1 Å². The fraction of sp³-hybridized carbons (Fsp3) is 0.500. The van der Waals surface area contributed by atoms with E-state index in [0.717, 1.165) is 25.1 Å². The molecule has 3 heteroatoms. The minimum Gasteiger partial charge on any atom is -0.399 e. The van der Waals surface area contributed by atoms with Crippen molar-refractivity contribution in [1.29, 1.82) is 0 Å². The molecular formula is C12H18N2O. The van der Waals surface area contributed by atoms with Crippen molar-refractivity contribution in [2.24, 2.45) is 0 Å². The zero-order chi connectivity index (χ0) is 10.8. The molecule has 1 aromatic carbocycles. The number of aliphatic hydroxyl groups excluding tert-OH is 1. The van der Waals surface area contributed by atoms with Crippen molar-refractivity contribution >= 4 is 5.69 Å². The van der Waals surface area contributed by atoms with Crippen LogP contribution in [0.15, 0.2) is 18.2 Å². The molecule has 1 aliphatic rings. The summed E-state index contributed by atoms with van der Waals surface area (Å²) >= 11 is 0. The Morgan fingerprint density at radius 1 is 1.40 bits per heavy atom. The molecule has 1 aliphatic carbocycles. The van der Waals surface area contributed by atoms with Crippen molar-refractivity contribution in [1.82, 2.24) is 4.90 Å². The first-order valence-corrected chi connectivity index (χ1v) is 5.39. The largest absolute Gasteiger partial charge is 0.399 e. The molecule has 1 aromatic rings. The third-order valence-electron chi connectivity index (χ3n) is 3.22. The van der Waals surface area contributed by atoms with E-state index in [1.807, 2.05) is 6.07 Å². The molecule has 0 fully saturated rings. The van der Waals surface area contributed by atoms with Gasteiger partial charge in [-0.25, -0.2) is 0 Å². The van der Waals surface area contributed by atoms with E-state index >= 15 is 0 Å². The summed E-state index contributed by atoms with van der Waals surface area (Å²) in [5.41, 5.74) is 9.37. The van der Waals surface area contributed by atoms with Crippen LogP contribution in [-0.4, -0.2) is 36.2 Å². The lowest BCUT2D eigenvalue weighted by Gasteiger charge is -2.22. The van der Waals surface area contributed by atoms with Gasteiger partial charge in [0, 0.05) is 18.3 Å². The maximum Gasteiger partial charge on any atom is 0.0558 e. The standard InChI is InChI=1S/C12H18N2O/c1-14(4-5-15)12-7-9-2-3-11(13)6-10(9)8-12/h2-3,6,12,15H,4-5,7-8,13H2,1H3/t12-/m1/s1. The molecule has 0 unspecified atom stereocenters. The Morgan fingerprint density at radius 3 is 2.87 bits per heavy atom. The number of anilines is 1. The Labute approximate surface area is 90.5 Å². The number of rotatable bonds is 3. The van der Waals surface area contributed by atoms with Crippen LogP contribution >= 0.6 is 0 Å². The van der Waals surface area contributed by atoms with Gasteiger partial charge in [-0.3, -0.25) is 0 Å². The van der Waals surface area contributed by atoms with Crippen LogP contribution in [0.25, 0.3) is 0 Å². The lowest BCUT2D eigenvalue weighted by atomic mass is 10.1. The van der Waals surface area contributed by atoms with Crippen LogP contribution in [-0.2, 0) is 12.8 Å². The Hall–Kier alpha value is -1.06. The zero-order valence-corrected chi connectivity index (χ0v) is 9.11. The highest BCUT2D eigenvalue weighted by Gasteiger charge is 2.24. The summed E-state index contributed by atoms with van der Waals surface area (Å²) in [5.74, 6) is 0. The van der Waals surface area contributed by atoms with E-state index < -0.39 is 0 Å². The monoisotopic (exact) mass is 206 g/mol. The van der Waals surface area contributed by atoms with E-state index in [1.54, 1.807) is 0 Å². The van der Waals surface area contributed by atoms with Crippen LogP contribution in [0.3, 0.4) is 0 Å². The summed E-state index contributed by atoms with van der Waals surface area (Å²) in [6.45, 7) is 0.972. The molecule has 0 radical (unpaired) electrons. The van der Waals surface area contributed by atoms with Gasteiger partial charge >= 0.3 is 0 Å². The summed E-state index contributed by atoms with van der Waals surface area (Å²) in [6.07, 6.45) is 2.13. The third-order valence-corrected chi connectivity index (χ3v) is 3.22. The van der Waals surface area contributed by atoms with Crippen molar-refractivity contribution in [3.63, 3.8) is 0 Å². The first-order chi connectivity index (χ1) is 7.20. The van der Waals surface area contributed by atoms with Crippen molar-refractivity contribution in [2.45, 2.75) is 18.9 Å². The normalized spacial score (nSPS) is 19.5. The predicted molar refractivity (Wildman–Crippen MR) is 61.8 cm³/mol. The molecule has 0 spiro atoms. The second-order valence-corrected chi connectivity index (χ2v) is 4.29. The van der Waals surface area contributed by atoms with Crippen LogP contribution in [0.5, 0.6) is 0 Å². The van der Waals surface area contributed by atoms with Gasteiger partial charge in [-0.05, 0) is 43.1 Å². The number of likely N-dealkylation sites (N-methyl/N-ethyl adjacent to an activating group) is 1. The molecule has 0 heterocycles. The smallest absolute Gasteiger partial charge is 0.0558 e. The summed E-state index contributed by atoms with van der Waals surface area (Å²) < 4.78 is 0. The summed E-state index contributed by atoms with van der Waals surface area (Å²) in [5, 5.41) is 8.90. The number of fused-ring (bicyclic) bond motifs is 1. The number of hydrogen-bond donors (Lipinski definition) is 2. The van der Waals surface area contributed by atoms with Crippen molar-refractivity contribution < 1.29 is 5.11 Å². The number of nitrogens with zero attached hydrogens (tertiary/aromatic N) is 1. The fourth-order valence-corrected chi connectivity index (χ4v) is 2.27. The Balaban J connectivity index is 2.08. The van der Waals surface area contributed by atoms with E-state index in [9.17, 15) is 0 Å². The molecular weight excluding hydrogens is 188 g/mol. The molecule has 0 aliphatic heterocycles. The number of hydrogen-bond acceptors (Lipinski definition) is 3. The van der Waals surface area contributed by atoms with Gasteiger partial charge in [0.1, 0.15) is 0 Å². The fourth-order valence-electron chi connectivity index (χ4n) is 2.27. The highest BCUT2D eigenvalue weighted by atomic mass is 16.3. The molecule has 15 heavy (non-hydrogen) atoms. The highest BCUT2D eigenvalue weighted by molar-refractivity contribution is 5.47. The Morgan fingerprint density at radius 2 is 2.13 bits per heavy atom. The SMILES string of the molecule is CN(CCO)[C@@H]1Cc2ccc(N)cc2C1. The van der Waals surface area contributed by atoms with Crippen LogP contribution in [0.4, 0.5) is 5.69 Å². The number of nitrogen functional groups attached to an aromatic ring is 1. The molecule has 0 saturated heterocycles. The van der Waals surface area contributed by atoms with Gasteiger partial charge in [0.25, 0.3) is 0 Å². The maximum atomic E-state index is 8.90. The van der Waals surface area contributed by atoms with E-state index in [4.69, 9.17) is 10.8 Å². The molecule has 1 atom stereocenters. The molecule has 0 amide bonds. The number of nitrogens with two attached hydrogens (primary N) is 1. The second kappa shape index (κ2) is 4.21. The van der Waals surface area contributed by atoms with Crippen LogP contribution in [0.2, 0.25) is 0 Å². The van der Waals surface area contributed by atoms with Crippen LogP contribution in [0, 0.1) is 0 Å². The van der Waals surface area contributed by atoms with Gasteiger partial charge in [0.2, 0.25) is 0 Å². The maximum absolute atomic E-state index is 8.90. The molecule has 3 N–H and O–H groups in total.